The number of anilines is 1. The van der Waals surface area contributed by atoms with Gasteiger partial charge in [-0.05, 0) is 67.1 Å². The summed E-state index contributed by atoms with van der Waals surface area (Å²) in [6, 6.07) is 23.2. The molecule has 0 heterocycles. The minimum atomic E-state index is -3.93. The summed E-state index contributed by atoms with van der Waals surface area (Å²) in [6.45, 7) is 7.80. The Morgan fingerprint density at radius 3 is 2.06 bits per heavy atom. The van der Waals surface area contributed by atoms with Gasteiger partial charge in [0.05, 0.1) is 16.6 Å². The molecule has 1 N–H and O–H groups in total. The Hall–Kier alpha value is -3.12. The van der Waals surface area contributed by atoms with Gasteiger partial charge in [-0.1, -0.05) is 68.4 Å². The quantitative estimate of drug-likeness (QED) is 0.461. The highest BCUT2D eigenvalue weighted by atomic mass is 32.2. The maximum atomic E-state index is 13.5. The van der Waals surface area contributed by atoms with Crippen molar-refractivity contribution in [2.75, 3.05) is 10.8 Å². The second-order valence-corrected chi connectivity index (χ2v) is 10.6. The van der Waals surface area contributed by atoms with Crippen molar-refractivity contribution in [3.8, 4) is 0 Å². The summed E-state index contributed by atoms with van der Waals surface area (Å²) in [6.07, 6.45) is 0.755. The molecule has 33 heavy (non-hydrogen) atoms. The number of hydrogen-bond acceptors (Lipinski definition) is 3. The smallest absolute Gasteiger partial charge is 0.264 e. The molecular formula is C27H32N2O3S. The van der Waals surface area contributed by atoms with Crippen LogP contribution in [-0.2, 0) is 14.8 Å². The van der Waals surface area contributed by atoms with Gasteiger partial charge in [0, 0.05) is 0 Å². The van der Waals surface area contributed by atoms with Gasteiger partial charge in [0.25, 0.3) is 10.0 Å². The number of benzene rings is 3. The molecule has 5 nitrogen and oxygen atoms in total. The number of hydrogen-bond donors (Lipinski definition) is 1. The van der Waals surface area contributed by atoms with E-state index in [1.165, 1.54) is 4.31 Å². The van der Waals surface area contributed by atoms with E-state index in [4.69, 9.17) is 0 Å². The molecule has 0 aliphatic rings. The van der Waals surface area contributed by atoms with E-state index < -0.39 is 10.0 Å². The van der Waals surface area contributed by atoms with Gasteiger partial charge in [0.15, 0.2) is 0 Å². The topological polar surface area (TPSA) is 66.5 Å². The van der Waals surface area contributed by atoms with E-state index in [2.05, 4.69) is 19.2 Å². The fraction of sp³-hybridized carbons (Fsp3) is 0.296. The zero-order valence-electron chi connectivity index (χ0n) is 19.7. The van der Waals surface area contributed by atoms with Gasteiger partial charge in [-0.3, -0.25) is 9.10 Å². The standard InChI is InChI=1S/C27H32N2O3S/c1-20(2)17-26(23-11-7-5-8-12-23)28-27(30)19-29(24-16-15-21(3)22(4)18-24)33(31,32)25-13-9-6-10-14-25/h5-16,18,20,26H,17,19H2,1-4H3,(H,28,30)/t26-/m1/s1. The SMILES string of the molecule is Cc1ccc(N(CC(=O)N[C@H](CC(C)C)c2ccccc2)S(=O)(=O)c2ccccc2)cc1C. The number of carbonyl (C=O) groups is 1. The summed E-state index contributed by atoms with van der Waals surface area (Å²) < 4.78 is 28.3. The molecule has 0 bridgehead atoms. The summed E-state index contributed by atoms with van der Waals surface area (Å²) in [4.78, 5) is 13.4. The van der Waals surface area contributed by atoms with Gasteiger partial charge >= 0.3 is 0 Å². The number of sulfonamides is 1. The molecule has 6 heteroatoms. The van der Waals surface area contributed by atoms with E-state index in [1.807, 2.05) is 56.3 Å². The lowest BCUT2D eigenvalue weighted by Crippen LogP contribution is -2.42. The van der Waals surface area contributed by atoms with E-state index in [-0.39, 0.29) is 23.4 Å². The first-order valence-corrected chi connectivity index (χ1v) is 12.6. The van der Waals surface area contributed by atoms with Gasteiger partial charge < -0.3 is 5.32 Å². The van der Waals surface area contributed by atoms with Crippen molar-refractivity contribution >= 4 is 21.6 Å². The molecule has 1 amide bonds. The van der Waals surface area contributed by atoms with Crippen molar-refractivity contribution in [1.29, 1.82) is 0 Å². The highest BCUT2D eigenvalue weighted by Gasteiger charge is 2.28. The maximum absolute atomic E-state index is 13.5. The van der Waals surface area contributed by atoms with Crippen molar-refractivity contribution in [3.63, 3.8) is 0 Å². The Labute approximate surface area is 197 Å². The number of rotatable bonds is 9. The Morgan fingerprint density at radius 1 is 0.879 bits per heavy atom. The average Bonchev–Trinajstić information content (AvgIpc) is 2.80. The van der Waals surface area contributed by atoms with Crippen LogP contribution in [0.3, 0.4) is 0 Å². The minimum absolute atomic E-state index is 0.151. The minimum Gasteiger partial charge on any atom is -0.348 e. The molecule has 1 atom stereocenters. The summed E-state index contributed by atoms with van der Waals surface area (Å²) in [5.74, 6) is 0.0154. The van der Waals surface area contributed by atoms with Crippen LogP contribution in [0.2, 0.25) is 0 Å². The zero-order chi connectivity index (χ0) is 24.0. The first kappa shape index (κ1) is 24.5. The molecule has 3 aromatic carbocycles. The third-order valence-electron chi connectivity index (χ3n) is 5.64. The van der Waals surface area contributed by atoms with E-state index in [9.17, 15) is 13.2 Å². The van der Waals surface area contributed by atoms with Crippen LogP contribution in [0.15, 0.2) is 83.8 Å². The van der Waals surface area contributed by atoms with E-state index >= 15 is 0 Å². The van der Waals surface area contributed by atoms with Gasteiger partial charge in [-0.2, -0.15) is 0 Å². The molecular weight excluding hydrogens is 432 g/mol. The Balaban J connectivity index is 1.94. The molecule has 0 fully saturated rings. The second kappa shape index (κ2) is 10.7. The van der Waals surface area contributed by atoms with Gasteiger partial charge in [-0.15, -0.1) is 0 Å². The first-order valence-electron chi connectivity index (χ1n) is 11.2. The summed E-state index contributed by atoms with van der Waals surface area (Å²) in [5, 5.41) is 3.07. The molecule has 0 unspecified atom stereocenters. The Kier molecular flexibility index (Phi) is 7.92. The molecule has 0 saturated heterocycles. The van der Waals surface area contributed by atoms with Crippen LogP contribution in [0.25, 0.3) is 0 Å². The lowest BCUT2D eigenvalue weighted by Gasteiger charge is -2.27. The highest BCUT2D eigenvalue weighted by molar-refractivity contribution is 7.92. The fourth-order valence-corrected chi connectivity index (χ4v) is 5.15. The third-order valence-corrected chi connectivity index (χ3v) is 7.43. The van der Waals surface area contributed by atoms with Crippen molar-refractivity contribution in [2.24, 2.45) is 5.92 Å². The average molecular weight is 465 g/mol. The van der Waals surface area contributed by atoms with Crippen LogP contribution in [0.4, 0.5) is 5.69 Å². The molecule has 3 aromatic rings. The molecule has 0 spiro atoms. The summed E-state index contributed by atoms with van der Waals surface area (Å²) in [5.41, 5.74) is 3.49. The van der Waals surface area contributed by atoms with E-state index in [0.717, 1.165) is 23.1 Å². The maximum Gasteiger partial charge on any atom is 0.264 e. The second-order valence-electron chi connectivity index (χ2n) is 8.75. The molecule has 174 valence electrons. The lowest BCUT2D eigenvalue weighted by molar-refractivity contribution is -0.120. The largest absolute Gasteiger partial charge is 0.348 e. The van der Waals surface area contributed by atoms with Crippen LogP contribution in [0.1, 0.15) is 43.0 Å². The number of nitrogens with one attached hydrogen (secondary N) is 1. The van der Waals surface area contributed by atoms with Gasteiger partial charge in [0.2, 0.25) is 5.91 Å². The number of amides is 1. The van der Waals surface area contributed by atoms with Crippen LogP contribution in [0, 0.1) is 19.8 Å². The number of carbonyl (C=O) groups excluding carboxylic acids is 1. The van der Waals surface area contributed by atoms with E-state index in [0.29, 0.717) is 11.6 Å². The van der Waals surface area contributed by atoms with Crippen LogP contribution in [0.5, 0.6) is 0 Å². The summed E-state index contributed by atoms with van der Waals surface area (Å²) >= 11 is 0. The van der Waals surface area contributed by atoms with Gasteiger partial charge in [-0.25, -0.2) is 8.42 Å². The normalized spacial score (nSPS) is 12.4. The highest BCUT2D eigenvalue weighted by Crippen LogP contribution is 2.26. The Bertz CT molecular complexity index is 1180. The third kappa shape index (κ3) is 6.23. The van der Waals surface area contributed by atoms with Crippen molar-refractivity contribution in [3.05, 3.63) is 95.6 Å². The van der Waals surface area contributed by atoms with Crippen LogP contribution in [-0.4, -0.2) is 20.9 Å². The monoisotopic (exact) mass is 464 g/mol. The van der Waals surface area contributed by atoms with Crippen LogP contribution < -0.4 is 9.62 Å². The fourth-order valence-electron chi connectivity index (χ4n) is 3.72. The molecule has 0 saturated carbocycles. The molecule has 0 aliphatic carbocycles. The molecule has 3 rings (SSSR count). The van der Waals surface area contributed by atoms with Crippen molar-refractivity contribution in [2.45, 2.75) is 45.1 Å². The Morgan fingerprint density at radius 2 is 1.48 bits per heavy atom. The predicted molar refractivity (Wildman–Crippen MR) is 134 cm³/mol. The zero-order valence-corrected chi connectivity index (χ0v) is 20.5. The lowest BCUT2D eigenvalue weighted by atomic mass is 9.97. The molecule has 0 aliphatic heterocycles. The van der Waals surface area contributed by atoms with Crippen LogP contribution >= 0.6 is 0 Å². The summed E-state index contributed by atoms with van der Waals surface area (Å²) in [7, 11) is -3.93. The van der Waals surface area contributed by atoms with Gasteiger partial charge in [0.1, 0.15) is 6.54 Å². The number of aryl methyl sites for hydroxylation is 2. The molecule has 0 radical (unpaired) electrons. The first-order chi connectivity index (χ1) is 15.7. The van der Waals surface area contributed by atoms with Crippen molar-refractivity contribution < 1.29 is 13.2 Å². The van der Waals surface area contributed by atoms with E-state index in [1.54, 1.807) is 36.4 Å². The predicted octanol–water partition coefficient (Wildman–Crippen LogP) is 5.40. The molecule has 0 aromatic heterocycles. The van der Waals surface area contributed by atoms with Crippen molar-refractivity contribution in [1.82, 2.24) is 5.32 Å². The number of nitrogens with zero attached hydrogens (tertiary/aromatic N) is 1.